The molecule has 1 aromatic rings. The molecule has 0 unspecified atom stereocenters. The summed E-state index contributed by atoms with van der Waals surface area (Å²) < 4.78 is 0. The van der Waals surface area contributed by atoms with Gasteiger partial charge in [-0.05, 0) is 44.0 Å². The summed E-state index contributed by atoms with van der Waals surface area (Å²) in [4.78, 5) is 6.86. The molecule has 2 heterocycles. The predicted octanol–water partition coefficient (Wildman–Crippen LogP) is 2.74. The Morgan fingerprint density at radius 3 is 3.11 bits per heavy atom. The molecule has 0 atom stereocenters. The van der Waals surface area contributed by atoms with Crippen LogP contribution in [0.3, 0.4) is 0 Å². The highest BCUT2D eigenvalue weighted by Crippen LogP contribution is 2.18. The number of rotatable bonds is 5. The number of hydrogen-bond donors (Lipinski definition) is 1. The van der Waals surface area contributed by atoms with E-state index in [4.69, 9.17) is 0 Å². The molecule has 0 aromatic carbocycles. The Morgan fingerprint density at radius 2 is 2.33 bits per heavy atom. The van der Waals surface area contributed by atoms with Crippen molar-refractivity contribution in [3.8, 4) is 0 Å². The second kappa shape index (κ2) is 6.55. The van der Waals surface area contributed by atoms with Gasteiger partial charge in [0.15, 0.2) is 0 Å². The summed E-state index contributed by atoms with van der Waals surface area (Å²) in [6.45, 7) is 8.48. The largest absolute Gasteiger partial charge is 0.352 e. The van der Waals surface area contributed by atoms with Gasteiger partial charge in [0.2, 0.25) is 0 Å². The van der Waals surface area contributed by atoms with Crippen LogP contribution in [0, 0.1) is 0 Å². The Balaban J connectivity index is 2.00. The van der Waals surface area contributed by atoms with Crippen molar-refractivity contribution < 1.29 is 0 Å². The molecular formula is C15H23N3. The topological polar surface area (TPSA) is 28.2 Å². The highest BCUT2D eigenvalue weighted by atomic mass is 15.2. The first-order valence-electron chi connectivity index (χ1n) is 6.86. The van der Waals surface area contributed by atoms with Crippen molar-refractivity contribution in [3.63, 3.8) is 0 Å². The summed E-state index contributed by atoms with van der Waals surface area (Å²) in [6, 6.07) is 4.31. The van der Waals surface area contributed by atoms with Crippen molar-refractivity contribution in [2.24, 2.45) is 0 Å². The van der Waals surface area contributed by atoms with Crippen LogP contribution in [0.2, 0.25) is 0 Å². The minimum absolute atomic E-state index is 0.937. The van der Waals surface area contributed by atoms with Crippen LogP contribution in [0.25, 0.3) is 0 Å². The first kappa shape index (κ1) is 13.1. The molecule has 0 aliphatic carbocycles. The van der Waals surface area contributed by atoms with Crippen molar-refractivity contribution in [3.05, 3.63) is 35.5 Å². The highest BCUT2D eigenvalue weighted by molar-refractivity contribution is 5.43. The molecular weight excluding hydrogens is 222 g/mol. The van der Waals surface area contributed by atoms with E-state index in [9.17, 15) is 0 Å². The molecule has 0 amide bonds. The standard InChI is InChI=1S/C15H23N3/c1-3-7-16-11-14-6-8-17-15(10-14)18-9-4-5-13(2)12-18/h5-6,8,10,16H,3-4,7,9,11-12H2,1-2H3. The van der Waals surface area contributed by atoms with E-state index in [0.29, 0.717) is 0 Å². The van der Waals surface area contributed by atoms with E-state index in [-0.39, 0.29) is 0 Å². The number of pyridine rings is 1. The fourth-order valence-electron chi connectivity index (χ4n) is 2.26. The molecule has 1 N–H and O–H groups in total. The van der Waals surface area contributed by atoms with Crippen LogP contribution < -0.4 is 10.2 Å². The monoisotopic (exact) mass is 245 g/mol. The number of nitrogens with one attached hydrogen (secondary N) is 1. The van der Waals surface area contributed by atoms with Gasteiger partial charge in [0.1, 0.15) is 5.82 Å². The summed E-state index contributed by atoms with van der Waals surface area (Å²) in [7, 11) is 0. The Labute approximate surface area is 110 Å². The van der Waals surface area contributed by atoms with Crippen LogP contribution in [0.15, 0.2) is 30.0 Å². The van der Waals surface area contributed by atoms with Gasteiger partial charge < -0.3 is 10.2 Å². The zero-order valence-corrected chi connectivity index (χ0v) is 11.4. The van der Waals surface area contributed by atoms with Gasteiger partial charge >= 0.3 is 0 Å². The molecule has 3 heteroatoms. The maximum absolute atomic E-state index is 4.50. The lowest BCUT2D eigenvalue weighted by atomic mass is 10.1. The van der Waals surface area contributed by atoms with Gasteiger partial charge in [0, 0.05) is 25.8 Å². The quantitative estimate of drug-likeness (QED) is 0.638. The van der Waals surface area contributed by atoms with E-state index in [2.05, 4.69) is 47.3 Å². The number of aromatic nitrogens is 1. The van der Waals surface area contributed by atoms with E-state index in [1.807, 2.05) is 6.20 Å². The molecule has 98 valence electrons. The minimum atomic E-state index is 0.937. The second-order valence-corrected chi connectivity index (χ2v) is 4.96. The lowest BCUT2D eigenvalue weighted by molar-refractivity contribution is 0.674. The van der Waals surface area contributed by atoms with E-state index in [0.717, 1.165) is 38.4 Å². The van der Waals surface area contributed by atoms with Gasteiger partial charge in [-0.25, -0.2) is 4.98 Å². The van der Waals surface area contributed by atoms with Crippen LogP contribution >= 0.6 is 0 Å². The van der Waals surface area contributed by atoms with Gasteiger partial charge in [0.05, 0.1) is 0 Å². The Morgan fingerprint density at radius 1 is 1.44 bits per heavy atom. The zero-order valence-electron chi connectivity index (χ0n) is 11.4. The number of nitrogens with zero attached hydrogens (tertiary/aromatic N) is 2. The van der Waals surface area contributed by atoms with Crippen molar-refractivity contribution in [1.29, 1.82) is 0 Å². The number of anilines is 1. The lowest BCUT2D eigenvalue weighted by Gasteiger charge is -2.27. The molecule has 1 aliphatic rings. The molecule has 1 aromatic heterocycles. The van der Waals surface area contributed by atoms with Gasteiger partial charge in [-0.2, -0.15) is 0 Å². The average molecular weight is 245 g/mol. The highest BCUT2D eigenvalue weighted by Gasteiger charge is 2.11. The van der Waals surface area contributed by atoms with Crippen molar-refractivity contribution in [2.75, 3.05) is 24.5 Å². The third kappa shape index (κ3) is 3.57. The molecule has 1 aliphatic heterocycles. The van der Waals surface area contributed by atoms with Gasteiger partial charge in [-0.15, -0.1) is 0 Å². The van der Waals surface area contributed by atoms with Crippen LogP contribution in [0.4, 0.5) is 5.82 Å². The molecule has 0 radical (unpaired) electrons. The molecule has 0 saturated carbocycles. The van der Waals surface area contributed by atoms with Crippen molar-refractivity contribution in [1.82, 2.24) is 10.3 Å². The first-order valence-corrected chi connectivity index (χ1v) is 6.86. The SMILES string of the molecule is CCCNCc1ccnc(N2CCC=C(C)C2)c1. The average Bonchev–Trinajstić information content (AvgIpc) is 2.39. The molecule has 0 bridgehead atoms. The minimum Gasteiger partial charge on any atom is -0.352 e. The second-order valence-electron chi connectivity index (χ2n) is 4.96. The first-order chi connectivity index (χ1) is 8.79. The van der Waals surface area contributed by atoms with E-state index in [1.165, 1.54) is 17.6 Å². The summed E-state index contributed by atoms with van der Waals surface area (Å²) in [5, 5.41) is 3.43. The van der Waals surface area contributed by atoms with Gasteiger partial charge in [0.25, 0.3) is 0 Å². The smallest absolute Gasteiger partial charge is 0.129 e. The van der Waals surface area contributed by atoms with Gasteiger partial charge in [-0.1, -0.05) is 18.6 Å². The fraction of sp³-hybridized carbons (Fsp3) is 0.533. The zero-order chi connectivity index (χ0) is 12.8. The molecule has 0 spiro atoms. The third-order valence-electron chi connectivity index (χ3n) is 3.22. The molecule has 0 saturated heterocycles. The van der Waals surface area contributed by atoms with Crippen molar-refractivity contribution >= 4 is 5.82 Å². The summed E-state index contributed by atoms with van der Waals surface area (Å²) in [5.74, 6) is 1.11. The fourth-order valence-corrected chi connectivity index (χ4v) is 2.26. The van der Waals surface area contributed by atoms with Crippen LogP contribution in [0.1, 0.15) is 32.3 Å². The van der Waals surface area contributed by atoms with Crippen LogP contribution in [-0.4, -0.2) is 24.6 Å². The van der Waals surface area contributed by atoms with Crippen molar-refractivity contribution in [2.45, 2.75) is 33.2 Å². The molecule has 18 heavy (non-hydrogen) atoms. The Kier molecular flexibility index (Phi) is 4.76. The van der Waals surface area contributed by atoms with Gasteiger partial charge in [-0.3, -0.25) is 0 Å². The van der Waals surface area contributed by atoms with E-state index < -0.39 is 0 Å². The summed E-state index contributed by atoms with van der Waals surface area (Å²) in [6.07, 6.45) is 6.55. The van der Waals surface area contributed by atoms with Crippen LogP contribution in [0.5, 0.6) is 0 Å². The predicted molar refractivity (Wildman–Crippen MR) is 76.8 cm³/mol. The third-order valence-corrected chi connectivity index (χ3v) is 3.22. The maximum Gasteiger partial charge on any atom is 0.129 e. The normalized spacial score (nSPS) is 15.7. The summed E-state index contributed by atoms with van der Waals surface area (Å²) in [5.41, 5.74) is 2.76. The lowest BCUT2D eigenvalue weighted by Crippen LogP contribution is -2.30. The Bertz CT molecular complexity index is 412. The Hall–Kier alpha value is -1.35. The van der Waals surface area contributed by atoms with E-state index in [1.54, 1.807) is 0 Å². The molecule has 0 fully saturated rings. The van der Waals surface area contributed by atoms with Crippen LogP contribution in [-0.2, 0) is 6.54 Å². The maximum atomic E-state index is 4.50. The molecule has 3 nitrogen and oxygen atoms in total. The molecule has 2 rings (SSSR count). The number of hydrogen-bond acceptors (Lipinski definition) is 3. The summed E-state index contributed by atoms with van der Waals surface area (Å²) >= 11 is 0. The van der Waals surface area contributed by atoms with E-state index >= 15 is 0 Å².